The minimum absolute atomic E-state index is 0.0979. The largest absolute Gasteiger partial charge is 0.508 e. The van der Waals surface area contributed by atoms with Gasteiger partial charge in [0.2, 0.25) is 6.79 Å². The van der Waals surface area contributed by atoms with Gasteiger partial charge in [0.25, 0.3) is 0 Å². The smallest absolute Gasteiger partial charge is 0.231 e. The van der Waals surface area contributed by atoms with Crippen LogP contribution in [0.5, 0.6) is 23.0 Å². The van der Waals surface area contributed by atoms with Crippen LogP contribution < -0.4 is 14.2 Å². The van der Waals surface area contributed by atoms with Gasteiger partial charge in [0.1, 0.15) is 22.8 Å². The van der Waals surface area contributed by atoms with Crippen LogP contribution in [-0.2, 0) is 0 Å². The topological polar surface area (TPSA) is 81.3 Å². The summed E-state index contributed by atoms with van der Waals surface area (Å²) in [5.41, 5.74) is 2.15. The van der Waals surface area contributed by atoms with Crippen LogP contribution in [0.3, 0.4) is 0 Å². The zero-order chi connectivity index (χ0) is 15.6. The van der Waals surface area contributed by atoms with Gasteiger partial charge in [-0.05, 0) is 18.2 Å². The molecular weight excluding hydrogens is 300 g/mol. The molecule has 2 aromatic carbocycles. The normalized spacial score (nSPS) is 17.7. The second-order valence-corrected chi connectivity index (χ2v) is 5.52. The average molecular weight is 312 g/mol. The fraction of sp³-hybridized carbons (Fsp3) is 0.176. The van der Waals surface area contributed by atoms with Gasteiger partial charge in [-0.15, -0.1) is 0 Å². The molecule has 0 bridgehead atoms. The van der Waals surface area contributed by atoms with Crippen molar-refractivity contribution in [3.63, 3.8) is 0 Å². The van der Waals surface area contributed by atoms with Crippen molar-refractivity contribution in [2.45, 2.75) is 6.10 Å². The number of furan rings is 1. The summed E-state index contributed by atoms with van der Waals surface area (Å²) in [5, 5.41) is 20.2. The van der Waals surface area contributed by atoms with Crippen LogP contribution in [0.1, 0.15) is 11.7 Å². The van der Waals surface area contributed by atoms with Gasteiger partial charge in [-0.2, -0.15) is 0 Å². The molecule has 0 aliphatic carbocycles. The van der Waals surface area contributed by atoms with Gasteiger partial charge in [-0.3, -0.25) is 0 Å². The van der Waals surface area contributed by atoms with Gasteiger partial charge < -0.3 is 28.8 Å². The molecule has 2 N–H and O–H groups in total. The number of hydrogen-bond acceptors (Lipinski definition) is 6. The minimum Gasteiger partial charge on any atom is -0.508 e. The van der Waals surface area contributed by atoms with Crippen molar-refractivity contribution in [3.8, 4) is 34.3 Å². The molecule has 2 aliphatic heterocycles. The summed E-state index contributed by atoms with van der Waals surface area (Å²) in [5.74, 6) is 2.49. The number of ether oxygens (including phenoxy) is 3. The summed E-state index contributed by atoms with van der Waals surface area (Å²) in [6, 6.07) is 8.45. The Morgan fingerprint density at radius 1 is 1.04 bits per heavy atom. The third kappa shape index (κ3) is 1.66. The molecular formula is C17H12O6. The number of rotatable bonds is 1. The Morgan fingerprint density at radius 2 is 1.87 bits per heavy atom. The fourth-order valence-corrected chi connectivity index (χ4v) is 3.16. The SMILES string of the molecule is OCC1Oc2cc(O)ccc2-c2oc3cc4c(cc3c21)OCO4. The molecule has 0 saturated carbocycles. The van der Waals surface area contributed by atoms with Crippen molar-refractivity contribution in [2.75, 3.05) is 13.4 Å². The molecule has 0 saturated heterocycles. The van der Waals surface area contributed by atoms with E-state index in [-0.39, 0.29) is 19.1 Å². The molecule has 3 heterocycles. The van der Waals surface area contributed by atoms with E-state index in [0.29, 0.717) is 28.6 Å². The van der Waals surface area contributed by atoms with Crippen LogP contribution in [0.2, 0.25) is 0 Å². The van der Waals surface area contributed by atoms with Gasteiger partial charge in [0.05, 0.1) is 12.2 Å². The highest BCUT2D eigenvalue weighted by Crippen LogP contribution is 2.50. The maximum Gasteiger partial charge on any atom is 0.231 e. The summed E-state index contributed by atoms with van der Waals surface area (Å²) in [4.78, 5) is 0. The van der Waals surface area contributed by atoms with Crippen LogP contribution in [-0.4, -0.2) is 23.6 Å². The van der Waals surface area contributed by atoms with Crippen molar-refractivity contribution >= 4 is 11.0 Å². The van der Waals surface area contributed by atoms with Crippen LogP contribution in [0.4, 0.5) is 0 Å². The van der Waals surface area contributed by atoms with E-state index < -0.39 is 6.10 Å². The molecule has 0 amide bonds. The fourth-order valence-electron chi connectivity index (χ4n) is 3.16. The van der Waals surface area contributed by atoms with Gasteiger partial charge in [0.15, 0.2) is 17.6 Å². The molecule has 6 nitrogen and oxygen atoms in total. The van der Waals surface area contributed by atoms with E-state index in [1.54, 1.807) is 18.2 Å². The zero-order valence-electron chi connectivity index (χ0n) is 11.9. The first-order valence-electron chi connectivity index (χ1n) is 7.21. The maximum atomic E-state index is 9.72. The number of aliphatic hydroxyl groups is 1. The first kappa shape index (κ1) is 12.7. The predicted molar refractivity (Wildman–Crippen MR) is 79.9 cm³/mol. The maximum absolute atomic E-state index is 9.72. The first-order valence-corrected chi connectivity index (χ1v) is 7.21. The Hall–Kier alpha value is -2.86. The summed E-state index contributed by atoms with van der Waals surface area (Å²) in [7, 11) is 0. The second kappa shape index (κ2) is 4.33. The van der Waals surface area contributed by atoms with E-state index in [1.165, 1.54) is 6.07 Å². The van der Waals surface area contributed by atoms with E-state index in [9.17, 15) is 10.2 Å². The lowest BCUT2D eigenvalue weighted by Crippen LogP contribution is -2.16. The van der Waals surface area contributed by atoms with Crippen molar-refractivity contribution < 1.29 is 28.8 Å². The highest BCUT2D eigenvalue weighted by atomic mass is 16.7. The molecule has 23 heavy (non-hydrogen) atoms. The predicted octanol–water partition coefficient (Wildman–Crippen LogP) is 2.96. The Morgan fingerprint density at radius 3 is 2.70 bits per heavy atom. The number of aliphatic hydroxyl groups excluding tert-OH is 1. The van der Waals surface area contributed by atoms with Crippen LogP contribution in [0.25, 0.3) is 22.3 Å². The molecule has 0 fully saturated rings. The third-order valence-electron chi connectivity index (χ3n) is 4.19. The van der Waals surface area contributed by atoms with E-state index >= 15 is 0 Å². The highest BCUT2D eigenvalue weighted by Gasteiger charge is 2.33. The number of hydrogen-bond donors (Lipinski definition) is 2. The lowest BCUT2D eigenvalue weighted by Gasteiger charge is -2.24. The van der Waals surface area contributed by atoms with Gasteiger partial charge >= 0.3 is 0 Å². The summed E-state index contributed by atoms with van der Waals surface area (Å²) in [6.45, 7) is -0.0165. The Kier molecular flexibility index (Phi) is 2.38. The minimum atomic E-state index is -0.569. The van der Waals surface area contributed by atoms with Crippen molar-refractivity contribution in [1.29, 1.82) is 0 Å². The molecule has 5 rings (SSSR count). The molecule has 116 valence electrons. The number of phenols is 1. The molecule has 0 spiro atoms. The number of aromatic hydroxyl groups is 1. The highest BCUT2D eigenvalue weighted by molar-refractivity contribution is 5.93. The molecule has 0 radical (unpaired) electrons. The Bertz CT molecular complexity index is 942. The zero-order valence-corrected chi connectivity index (χ0v) is 11.9. The molecule has 6 heteroatoms. The van der Waals surface area contributed by atoms with Crippen LogP contribution in [0, 0.1) is 0 Å². The van der Waals surface area contributed by atoms with Gasteiger partial charge in [-0.25, -0.2) is 0 Å². The van der Waals surface area contributed by atoms with Crippen molar-refractivity contribution in [1.82, 2.24) is 0 Å². The van der Waals surface area contributed by atoms with Crippen LogP contribution in [0.15, 0.2) is 34.7 Å². The molecule has 1 unspecified atom stereocenters. The second-order valence-electron chi connectivity index (χ2n) is 5.52. The lowest BCUT2D eigenvalue weighted by atomic mass is 9.97. The quantitative estimate of drug-likeness (QED) is 0.719. The van der Waals surface area contributed by atoms with Gasteiger partial charge in [-0.1, -0.05) is 0 Å². The Labute approximate surface area is 130 Å². The van der Waals surface area contributed by atoms with E-state index in [0.717, 1.165) is 16.5 Å². The third-order valence-corrected chi connectivity index (χ3v) is 4.19. The summed E-state index contributed by atoms with van der Waals surface area (Å²) in [6.07, 6.45) is -0.569. The molecule has 1 atom stereocenters. The van der Waals surface area contributed by atoms with E-state index in [4.69, 9.17) is 18.6 Å². The Balaban J connectivity index is 1.82. The molecule has 3 aromatic rings. The number of fused-ring (bicyclic) bond motifs is 6. The monoisotopic (exact) mass is 312 g/mol. The van der Waals surface area contributed by atoms with Crippen molar-refractivity contribution in [2.24, 2.45) is 0 Å². The summed E-state index contributed by atoms with van der Waals surface area (Å²) < 4.78 is 22.6. The molecule has 1 aromatic heterocycles. The lowest BCUT2D eigenvalue weighted by molar-refractivity contribution is 0.114. The van der Waals surface area contributed by atoms with Crippen molar-refractivity contribution in [3.05, 3.63) is 35.9 Å². The van der Waals surface area contributed by atoms with Gasteiger partial charge in [0, 0.05) is 23.1 Å². The standard InChI is InChI=1S/C17H12O6/c18-6-15-16-10-4-13-14(21-7-20-13)5-12(10)23-17(16)9-2-1-8(19)3-11(9)22-15/h1-5,15,18-19H,6-7H2. The van der Waals surface area contributed by atoms with Crippen LogP contribution >= 0.6 is 0 Å². The first-order chi connectivity index (χ1) is 11.2. The number of benzene rings is 2. The average Bonchev–Trinajstić information content (AvgIpc) is 3.14. The van der Waals surface area contributed by atoms with E-state index in [1.807, 2.05) is 6.07 Å². The summed E-state index contributed by atoms with van der Waals surface area (Å²) >= 11 is 0. The van der Waals surface area contributed by atoms with E-state index in [2.05, 4.69) is 0 Å². The molecule has 2 aliphatic rings. The number of phenolic OH excluding ortho intramolecular Hbond substituents is 1.